The maximum Gasteiger partial charge on any atom is 0.223 e. The van der Waals surface area contributed by atoms with Gasteiger partial charge in [0.1, 0.15) is 17.1 Å². The number of hydrogen-bond acceptors (Lipinski definition) is 4. The molecule has 5 heteroatoms. The van der Waals surface area contributed by atoms with Crippen LogP contribution in [0.15, 0.2) is 60.7 Å². The molecule has 1 aliphatic rings. The van der Waals surface area contributed by atoms with Crippen molar-refractivity contribution in [1.82, 2.24) is 10.3 Å². The van der Waals surface area contributed by atoms with Crippen LogP contribution in [0.25, 0.3) is 10.9 Å². The average Bonchev–Trinajstić information content (AvgIpc) is 2.79. The van der Waals surface area contributed by atoms with E-state index in [9.17, 15) is 9.90 Å². The highest BCUT2D eigenvalue weighted by molar-refractivity contribution is 5.85. The van der Waals surface area contributed by atoms with Crippen molar-refractivity contribution in [3.8, 4) is 5.75 Å². The average molecular weight is 432 g/mol. The van der Waals surface area contributed by atoms with Gasteiger partial charge in [-0.05, 0) is 55.4 Å². The predicted molar refractivity (Wildman–Crippen MR) is 130 cm³/mol. The molecule has 0 bridgehead atoms. The molecule has 2 aromatic carbocycles. The zero-order valence-corrected chi connectivity index (χ0v) is 19.2. The van der Waals surface area contributed by atoms with Crippen LogP contribution in [0.3, 0.4) is 0 Å². The van der Waals surface area contributed by atoms with E-state index < -0.39 is 0 Å². The first-order chi connectivity index (χ1) is 15.3. The molecule has 1 saturated heterocycles. The van der Waals surface area contributed by atoms with E-state index in [1.807, 2.05) is 30.3 Å². The molecule has 1 atom stereocenters. The molecule has 0 aliphatic carbocycles. The van der Waals surface area contributed by atoms with Gasteiger partial charge in [0.15, 0.2) is 0 Å². The second-order valence-electron chi connectivity index (χ2n) is 9.64. The number of rotatable bonds is 6. The molecule has 32 heavy (non-hydrogen) atoms. The van der Waals surface area contributed by atoms with Gasteiger partial charge >= 0.3 is 0 Å². The van der Waals surface area contributed by atoms with Gasteiger partial charge < -0.3 is 15.3 Å². The van der Waals surface area contributed by atoms with Crippen molar-refractivity contribution in [1.29, 1.82) is 0 Å². The highest BCUT2D eigenvalue weighted by Gasteiger charge is 2.29. The molecule has 5 nitrogen and oxygen atoms in total. The lowest BCUT2D eigenvalue weighted by molar-refractivity contribution is -0.126. The van der Waals surface area contributed by atoms with Gasteiger partial charge in [0, 0.05) is 30.4 Å². The first-order valence-corrected chi connectivity index (χ1v) is 11.5. The summed E-state index contributed by atoms with van der Waals surface area (Å²) in [5.74, 6) is 1.24. The molecule has 3 aromatic rings. The number of para-hydroxylation sites is 1. The molecule has 0 saturated carbocycles. The third-order valence-corrected chi connectivity index (χ3v) is 6.63. The number of benzene rings is 2. The van der Waals surface area contributed by atoms with E-state index in [4.69, 9.17) is 0 Å². The van der Waals surface area contributed by atoms with Crippen LogP contribution in [0.4, 0.5) is 5.82 Å². The molecular weight excluding hydrogens is 398 g/mol. The van der Waals surface area contributed by atoms with Crippen LogP contribution < -0.4 is 10.2 Å². The molecule has 0 radical (unpaired) electrons. The van der Waals surface area contributed by atoms with Gasteiger partial charge in [-0.15, -0.1) is 0 Å². The Morgan fingerprint density at radius 3 is 2.53 bits per heavy atom. The fourth-order valence-electron chi connectivity index (χ4n) is 4.85. The van der Waals surface area contributed by atoms with Gasteiger partial charge in [-0.2, -0.15) is 0 Å². The minimum absolute atomic E-state index is 0.00460. The summed E-state index contributed by atoms with van der Waals surface area (Å²) in [5.41, 5.74) is 1.92. The van der Waals surface area contributed by atoms with Gasteiger partial charge in [-0.3, -0.25) is 4.79 Å². The number of pyridine rings is 1. The first-order valence-electron chi connectivity index (χ1n) is 11.5. The predicted octanol–water partition coefficient (Wildman–Crippen LogP) is 5.03. The standard InChI is InChI=1S/C27H33N3O2/c1-19(18-27(2,3)22-9-5-4-6-10-22)28-26(32)21-14-16-30(17-15-21)24-13-12-20-8-7-11-23(31)25(20)29-24/h4-13,19,21,31H,14-18H2,1-3H3,(H,28,32). The zero-order valence-electron chi connectivity index (χ0n) is 19.2. The number of carbonyl (C=O) groups excluding carboxylic acids is 1. The molecule has 0 spiro atoms. The van der Waals surface area contributed by atoms with E-state index >= 15 is 0 Å². The van der Waals surface area contributed by atoms with Gasteiger partial charge in [-0.1, -0.05) is 56.3 Å². The molecule has 1 aliphatic heterocycles. The number of phenols is 1. The Morgan fingerprint density at radius 2 is 1.81 bits per heavy atom. The molecule has 2 N–H and O–H groups in total. The highest BCUT2D eigenvalue weighted by Crippen LogP contribution is 2.30. The van der Waals surface area contributed by atoms with E-state index in [1.165, 1.54) is 5.56 Å². The third-order valence-electron chi connectivity index (χ3n) is 6.63. The molecule has 1 unspecified atom stereocenters. The summed E-state index contributed by atoms with van der Waals surface area (Å²) in [6, 6.07) is 20.0. The lowest BCUT2D eigenvalue weighted by Crippen LogP contribution is -2.44. The van der Waals surface area contributed by atoms with Crippen molar-refractivity contribution in [3.05, 3.63) is 66.2 Å². The molecule has 1 fully saturated rings. The van der Waals surface area contributed by atoms with Crippen molar-refractivity contribution in [2.75, 3.05) is 18.0 Å². The second-order valence-corrected chi connectivity index (χ2v) is 9.64. The Kier molecular flexibility index (Phi) is 6.35. The molecule has 4 rings (SSSR count). The number of carbonyl (C=O) groups is 1. The normalized spacial score (nSPS) is 16.2. The Balaban J connectivity index is 1.32. The Morgan fingerprint density at radius 1 is 1.09 bits per heavy atom. The quantitative estimate of drug-likeness (QED) is 0.575. The molecule has 1 aromatic heterocycles. The van der Waals surface area contributed by atoms with Crippen LogP contribution in [0, 0.1) is 5.92 Å². The van der Waals surface area contributed by atoms with Crippen molar-refractivity contribution in [2.45, 2.75) is 51.5 Å². The first kappa shape index (κ1) is 22.1. The molecule has 168 valence electrons. The number of piperidine rings is 1. The largest absolute Gasteiger partial charge is 0.506 e. The fraction of sp³-hybridized carbons (Fsp3) is 0.407. The van der Waals surface area contributed by atoms with Crippen molar-refractivity contribution >= 4 is 22.6 Å². The SMILES string of the molecule is CC(CC(C)(C)c1ccccc1)NC(=O)C1CCN(c2ccc3cccc(O)c3n2)CC1. The number of hydrogen-bond donors (Lipinski definition) is 2. The van der Waals surface area contributed by atoms with E-state index in [-0.39, 0.29) is 29.0 Å². The van der Waals surface area contributed by atoms with Crippen molar-refractivity contribution in [2.24, 2.45) is 5.92 Å². The van der Waals surface area contributed by atoms with Gasteiger partial charge in [0.05, 0.1) is 0 Å². The van der Waals surface area contributed by atoms with E-state index in [1.54, 1.807) is 6.07 Å². The number of nitrogens with zero attached hydrogens (tertiary/aromatic N) is 2. The summed E-state index contributed by atoms with van der Waals surface area (Å²) in [6.07, 6.45) is 2.51. The van der Waals surface area contributed by atoms with Gasteiger partial charge in [0.2, 0.25) is 5.91 Å². The number of aromatic nitrogens is 1. The smallest absolute Gasteiger partial charge is 0.223 e. The second kappa shape index (κ2) is 9.19. The molecule has 2 heterocycles. The van der Waals surface area contributed by atoms with Crippen LogP contribution in [0.2, 0.25) is 0 Å². The lowest BCUT2D eigenvalue weighted by atomic mass is 9.79. The Bertz CT molecular complexity index is 1070. The topological polar surface area (TPSA) is 65.5 Å². The summed E-state index contributed by atoms with van der Waals surface area (Å²) in [5, 5.41) is 14.3. The summed E-state index contributed by atoms with van der Waals surface area (Å²) in [7, 11) is 0. The number of amides is 1. The summed E-state index contributed by atoms with van der Waals surface area (Å²) >= 11 is 0. The van der Waals surface area contributed by atoms with Crippen LogP contribution in [0.1, 0.15) is 45.6 Å². The van der Waals surface area contributed by atoms with Crippen LogP contribution in [-0.4, -0.2) is 35.1 Å². The third kappa shape index (κ3) is 4.87. The van der Waals surface area contributed by atoms with E-state index in [2.05, 4.69) is 60.2 Å². The van der Waals surface area contributed by atoms with E-state index in [0.717, 1.165) is 43.6 Å². The fourth-order valence-corrected chi connectivity index (χ4v) is 4.85. The van der Waals surface area contributed by atoms with Gasteiger partial charge in [0.25, 0.3) is 0 Å². The number of nitrogens with one attached hydrogen (secondary N) is 1. The summed E-state index contributed by atoms with van der Waals surface area (Å²) in [6.45, 7) is 8.14. The number of fused-ring (bicyclic) bond motifs is 1. The van der Waals surface area contributed by atoms with Crippen molar-refractivity contribution in [3.63, 3.8) is 0 Å². The summed E-state index contributed by atoms with van der Waals surface area (Å²) in [4.78, 5) is 19.8. The molecular formula is C27H33N3O2. The number of aromatic hydroxyl groups is 1. The maximum atomic E-state index is 12.9. The van der Waals surface area contributed by atoms with Crippen molar-refractivity contribution < 1.29 is 9.90 Å². The number of anilines is 1. The molecule has 1 amide bonds. The van der Waals surface area contributed by atoms with Gasteiger partial charge in [-0.25, -0.2) is 4.98 Å². The van der Waals surface area contributed by atoms with E-state index in [0.29, 0.717) is 5.52 Å². The minimum atomic E-state index is 0.00460. The lowest BCUT2D eigenvalue weighted by Gasteiger charge is -2.34. The monoisotopic (exact) mass is 431 g/mol. The van der Waals surface area contributed by atoms with Crippen LogP contribution >= 0.6 is 0 Å². The van der Waals surface area contributed by atoms with Crippen LogP contribution in [0.5, 0.6) is 5.75 Å². The summed E-state index contributed by atoms with van der Waals surface area (Å²) < 4.78 is 0. The Hall–Kier alpha value is -3.08. The zero-order chi connectivity index (χ0) is 22.7. The highest BCUT2D eigenvalue weighted by atomic mass is 16.3. The minimum Gasteiger partial charge on any atom is -0.506 e. The number of phenolic OH excluding ortho intramolecular Hbond substituents is 1. The maximum absolute atomic E-state index is 12.9. The Labute approximate surface area is 190 Å². The van der Waals surface area contributed by atoms with Crippen LogP contribution in [-0.2, 0) is 10.2 Å².